The zero-order valence-corrected chi connectivity index (χ0v) is 6.92. The van der Waals surface area contributed by atoms with Crippen LogP contribution in [0.1, 0.15) is 31.8 Å². The number of aromatic amines is 1. The van der Waals surface area contributed by atoms with Gasteiger partial charge >= 0.3 is 0 Å². The summed E-state index contributed by atoms with van der Waals surface area (Å²) in [7, 11) is 0. The summed E-state index contributed by atoms with van der Waals surface area (Å²) in [6.45, 7) is 1.52. The van der Waals surface area contributed by atoms with Crippen LogP contribution in [0.25, 0.3) is 12.2 Å². The van der Waals surface area contributed by atoms with Crippen molar-refractivity contribution in [1.82, 2.24) is 9.97 Å². The van der Waals surface area contributed by atoms with Crippen LogP contribution in [0.15, 0.2) is 0 Å². The molecular weight excluding hydrogens is 152 g/mol. The quantitative estimate of drug-likeness (QED) is 0.603. The first-order chi connectivity index (χ1) is 5.77. The number of hydrogen-bond acceptors (Lipinski definition) is 2. The number of hydrogen-bond donors (Lipinski definition) is 1. The van der Waals surface area contributed by atoms with Gasteiger partial charge in [0.25, 0.3) is 0 Å². The molecule has 0 unspecified atom stereocenters. The monoisotopic (exact) mass is 164 g/mol. The van der Waals surface area contributed by atoms with Crippen LogP contribution in [0.3, 0.4) is 0 Å². The highest BCUT2D eigenvalue weighted by Crippen LogP contribution is 1.94. The third-order valence-electron chi connectivity index (χ3n) is 1.95. The number of carbonyl (C=O) groups is 1. The minimum Gasteiger partial charge on any atom is -0.336 e. The molecule has 0 atom stereocenters. The van der Waals surface area contributed by atoms with Crippen LogP contribution in [0.2, 0.25) is 0 Å². The molecule has 3 nitrogen and oxygen atoms in total. The van der Waals surface area contributed by atoms with Gasteiger partial charge in [-0.25, -0.2) is 4.98 Å². The van der Waals surface area contributed by atoms with Gasteiger partial charge in [-0.3, -0.25) is 4.79 Å². The van der Waals surface area contributed by atoms with Crippen molar-refractivity contribution in [2.24, 2.45) is 0 Å². The molecule has 1 aliphatic rings. The van der Waals surface area contributed by atoms with Crippen LogP contribution >= 0.6 is 0 Å². The molecule has 1 aliphatic carbocycles. The molecule has 1 heterocycles. The van der Waals surface area contributed by atoms with Gasteiger partial charge in [0.15, 0.2) is 11.6 Å². The fourth-order valence-electron chi connectivity index (χ4n) is 1.33. The lowest BCUT2D eigenvalue weighted by Crippen LogP contribution is -2.26. The highest BCUT2D eigenvalue weighted by Gasteiger charge is 2.04. The summed E-state index contributed by atoms with van der Waals surface area (Å²) < 4.78 is 0. The van der Waals surface area contributed by atoms with Gasteiger partial charge in [0.2, 0.25) is 0 Å². The van der Waals surface area contributed by atoms with Crippen LogP contribution < -0.4 is 10.7 Å². The summed E-state index contributed by atoms with van der Waals surface area (Å²) in [6.07, 6.45) is 6.19. The minimum atomic E-state index is -0.00815. The smallest absolute Gasteiger partial charge is 0.195 e. The molecule has 0 saturated heterocycles. The topological polar surface area (TPSA) is 45.8 Å². The zero-order valence-electron chi connectivity index (χ0n) is 6.92. The molecule has 0 radical (unpaired) electrons. The first kappa shape index (κ1) is 7.28. The summed E-state index contributed by atoms with van der Waals surface area (Å²) in [5.41, 5.74) is 0. The number of nitrogens with one attached hydrogen (secondary N) is 1. The Labute approximate surface area is 71.3 Å². The molecule has 64 valence electrons. The normalized spacial score (nSPS) is 14.4. The van der Waals surface area contributed by atoms with E-state index in [0.717, 1.165) is 23.5 Å². The zero-order chi connectivity index (χ0) is 8.55. The van der Waals surface area contributed by atoms with Gasteiger partial charge in [-0.05, 0) is 12.8 Å². The molecule has 1 N–H and O–H groups in total. The Balaban J connectivity index is 0.000000845. The lowest BCUT2D eigenvalue weighted by molar-refractivity contribution is 0.100. The molecule has 0 amide bonds. The Morgan fingerprint density at radius 1 is 1.58 bits per heavy atom. The predicted octanol–water partition coefficient (Wildman–Crippen LogP) is 0.213. The first-order valence-electron chi connectivity index (χ1n) is 4.05. The highest BCUT2D eigenvalue weighted by atomic mass is 16.1. The van der Waals surface area contributed by atoms with E-state index >= 15 is 0 Å². The van der Waals surface area contributed by atoms with Gasteiger partial charge in [0.1, 0.15) is 0 Å². The fraction of sp³-hybridized carbons (Fsp3) is 0.333. The van der Waals surface area contributed by atoms with Crippen LogP contribution in [0.4, 0.5) is 0 Å². The standard InChI is InChI=1S/C9H10N2O.H2/c1-6(12)9-10-7-4-2-3-5-8(7)11-9;/h4-5H,2-3H2,1H3,(H,10,11);1H. The van der Waals surface area contributed by atoms with Gasteiger partial charge in [-0.2, -0.15) is 0 Å². The molecule has 12 heavy (non-hydrogen) atoms. The second-order valence-corrected chi connectivity index (χ2v) is 2.93. The van der Waals surface area contributed by atoms with E-state index in [1.165, 1.54) is 6.92 Å². The summed E-state index contributed by atoms with van der Waals surface area (Å²) in [5, 5.41) is 1.91. The highest BCUT2D eigenvalue weighted by molar-refractivity contribution is 5.90. The number of rotatable bonds is 1. The minimum absolute atomic E-state index is 0. The SMILES string of the molecule is CC(=O)c1nc2c([nH]1)=CCCC=2.[HH]. The van der Waals surface area contributed by atoms with E-state index in [2.05, 4.69) is 22.1 Å². The number of fused-ring (bicyclic) bond motifs is 1. The van der Waals surface area contributed by atoms with E-state index in [0.29, 0.717) is 5.82 Å². The van der Waals surface area contributed by atoms with Crippen molar-refractivity contribution in [3.05, 3.63) is 16.5 Å². The van der Waals surface area contributed by atoms with Crippen molar-refractivity contribution in [2.45, 2.75) is 19.8 Å². The fourth-order valence-corrected chi connectivity index (χ4v) is 1.33. The van der Waals surface area contributed by atoms with Gasteiger partial charge < -0.3 is 4.98 Å². The molecular formula is C9H12N2O. The van der Waals surface area contributed by atoms with E-state index in [-0.39, 0.29) is 7.21 Å². The molecule has 0 fully saturated rings. The number of carbonyl (C=O) groups excluding carboxylic acids is 1. The molecule has 0 saturated carbocycles. The third-order valence-corrected chi connectivity index (χ3v) is 1.95. The third kappa shape index (κ3) is 1.07. The lowest BCUT2D eigenvalue weighted by atomic mass is 10.2. The molecule has 2 rings (SSSR count). The van der Waals surface area contributed by atoms with E-state index in [1.807, 2.05) is 0 Å². The molecule has 1 aromatic rings. The maximum atomic E-state index is 10.9. The Bertz CT molecular complexity index is 399. The molecule has 0 aliphatic heterocycles. The van der Waals surface area contributed by atoms with Crippen molar-refractivity contribution >= 4 is 17.9 Å². The molecule has 1 aromatic heterocycles. The summed E-state index contributed by atoms with van der Waals surface area (Å²) in [6, 6.07) is 0. The van der Waals surface area contributed by atoms with Crippen molar-refractivity contribution < 1.29 is 6.22 Å². The summed E-state index contributed by atoms with van der Waals surface area (Å²) in [5.74, 6) is 0.459. The van der Waals surface area contributed by atoms with Gasteiger partial charge in [0, 0.05) is 8.35 Å². The number of aromatic nitrogens is 2. The Morgan fingerprint density at radius 2 is 2.33 bits per heavy atom. The number of nitrogens with zero attached hydrogens (tertiary/aromatic N) is 1. The Kier molecular flexibility index (Phi) is 1.57. The summed E-state index contributed by atoms with van der Waals surface area (Å²) >= 11 is 0. The van der Waals surface area contributed by atoms with Crippen LogP contribution in [-0.4, -0.2) is 15.8 Å². The number of Topliss-reactive ketones (excluding diaryl/α,β-unsaturated/α-hetero) is 1. The molecule has 0 aromatic carbocycles. The lowest BCUT2D eigenvalue weighted by Gasteiger charge is -1.89. The van der Waals surface area contributed by atoms with Crippen molar-refractivity contribution in [3.63, 3.8) is 0 Å². The van der Waals surface area contributed by atoms with Crippen molar-refractivity contribution in [1.29, 1.82) is 0 Å². The molecule has 0 bridgehead atoms. The maximum Gasteiger partial charge on any atom is 0.195 e. The number of imidazole rings is 1. The molecule has 3 heteroatoms. The van der Waals surface area contributed by atoms with Crippen molar-refractivity contribution in [3.8, 4) is 0 Å². The van der Waals surface area contributed by atoms with Gasteiger partial charge in [-0.1, -0.05) is 12.2 Å². The maximum absolute atomic E-state index is 10.9. The van der Waals surface area contributed by atoms with E-state index < -0.39 is 0 Å². The number of ketones is 1. The second-order valence-electron chi connectivity index (χ2n) is 2.93. The van der Waals surface area contributed by atoms with E-state index in [1.54, 1.807) is 0 Å². The van der Waals surface area contributed by atoms with Crippen LogP contribution in [-0.2, 0) is 0 Å². The van der Waals surface area contributed by atoms with Crippen LogP contribution in [0, 0.1) is 0 Å². The second kappa shape index (κ2) is 2.59. The number of H-pyrrole nitrogens is 1. The Hall–Kier alpha value is -1.38. The van der Waals surface area contributed by atoms with Gasteiger partial charge in [-0.15, -0.1) is 0 Å². The largest absolute Gasteiger partial charge is 0.336 e. The first-order valence-corrected chi connectivity index (χ1v) is 4.05. The summed E-state index contributed by atoms with van der Waals surface area (Å²) in [4.78, 5) is 18.1. The van der Waals surface area contributed by atoms with E-state index in [4.69, 9.17) is 0 Å². The predicted molar refractivity (Wildman–Crippen MR) is 48.1 cm³/mol. The Morgan fingerprint density at radius 3 is 3.00 bits per heavy atom. The van der Waals surface area contributed by atoms with Gasteiger partial charge in [0.05, 0.1) is 10.7 Å². The van der Waals surface area contributed by atoms with E-state index in [9.17, 15) is 4.79 Å². The van der Waals surface area contributed by atoms with Crippen LogP contribution in [0.5, 0.6) is 0 Å². The average Bonchev–Trinajstić information content (AvgIpc) is 2.46. The van der Waals surface area contributed by atoms with Crippen molar-refractivity contribution in [2.75, 3.05) is 0 Å². The average molecular weight is 164 g/mol. The molecule has 0 spiro atoms.